The molecule has 1 heterocycles. The molecule has 0 spiro atoms. The van der Waals surface area contributed by atoms with Crippen LogP contribution in [0.2, 0.25) is 0 Å². The second-order valence-corrected chi connectivity index (χ2v) is 7.44. The molecule has 1 atom stereocenters. The van der Waals surface area contributed by atoms with E-state index in [9.17, 15) is 18.5 Å². The molecule has 0 saturated carbocycles. The maximum Gasteiger partial charge on any atom is 0.269 e. The zero-order valence-electron chi connectivity index (χ0n) is 10.7. The van der Waals surface area contributed by atoms with Gasteiger partial charge in [0.05, 0.1) is 9.82 Å². The first-order valence-electron chi connectivity index (χ1n) is 6.29. The van der Waals surface area contributed by atoms with Crippen molar-refractivity contribution in [2.45, 2.75) is 30.2 Å². The van der Waals surface area contributed by atoms with E-state index in [0.717, 1.165) is 23.7 Å². The van der Waals surface area contributed by atoms with Crippen LogP contribution in [0, 0.1) is 10.1 Å². The fourth-order valence-electron chi connectivity index (χ4n) is 2.32. The molecule has 0 amide bonds. The van der Waals surface area contributed by atoms with Gasteiger partial charge < -0.3 is 0 Å². The van der Waals surface area contributed by atoms with Gasteiger partial charge in [0.1, 0.15) is 0 Å². The van der Waals surface area contributed by atoms with Crippen LogP contribution in [-0.2, 0) is 10.0 Å². The van der Waals surface area contributed by atoms with Gasteiger partial charge in [0.15, 0.2) is 0 Å². The second-order valence-electron chi connectivity index (χ2n) is 4.67. The molecule has 1 fully saturated rings. The number of non-ortho nitro benzene ring substituents is 1. The van der Waals surface area contributed by atoms with Crippen LogP contribution in [0.3, 0.4) is 0 Å². The molecule has 2 rings (SSSR count). The van der Waals surface area contributed by atoms with E-state index in [-0.39, 0.29) is 16.6 Å². The van der Waals surface area contributed by atoms with Crippen molar-refractivity contribution in [3.8, 4) is 0 Å². The molecular formula is C12H15IN2O4S. The molecule has 1 aliphatic heterocycles. The van der Waals surface area contributed by atoms with Gasteiger partial charge in [-0.05, 0) is 25.0 Å². The van der Waals surface area contributed by atoms with Gasteiger partial charge in [0.25, 0.3) is 5.69 Å². The minimum Gasteiger partial charge on any atom is -0.258 e. The monoisotopic (exact) mass is 410 g/mol. The average Bonchev–Trinajstić information content (AvgIpc) is 2.47. The molecule has 0 radical (unpaired) electrons. The Balaban J connectivity index is 2.31. The molecule has 0 aromatic heterocycles. The van der Waals surface area contributed by atoms with Crippen LogP contribution in [0.25, 0.3) is 0 Å². The summed E-state index contributed by atoms with van der Waals surface area (Å²) in [7, 11) is -3.56. The van der Waals surface area contributed by atoms with Gasteiger partial charge in [0.2, 0.25) is 10.0 Å². The highest BCUT2D eigenvalue weighted by molar-refractivity contribution is 14.1. The number of nitrogens with zero attached hydrogens (tertiary/aromatic N) is 2. The van der Waals surface area contributed by atoms with Crippen LogP contribution in [0.4, 0.5) is 5.69 Å². The predicted octanol–water partition coefficient (Wildman–Crippen LogP) is 2.57. The largest absolute Gasteiger partial charge is 0.269 e. The third-order valence-electron chi connectivity index (χ3n) is 3.41. The van der Waals surface area contributed by atoms with Crippen molar-refractivity contribution in [2.75, 3.05) is 11.0 Å². The van der Waals surface area contributed by atoms with E-state index in [1.54, 1.807) is 0 Å². The summed E-state index contributed by atoms with van der Waals surface area (Å²) in [6, 6.07) is 5.11. The van der Waals surface area contributed by atoms with Gasteiger partial charge in [0, 0.05) is 29.1 Å². The van der Waals surface area contributed by atoms with E-state index < -0.39 is 14.9 Å². The Bertz CT molecular complexity index is 588. The molecule has 8 heteroatoms. The van der Waals surface area contributed by atoms with Crippen LogP contribution < -0.4 is 0 Å². The molecule has 110 valence electrons. The standard InChI is InChI=1S/C12H15IN2O4S/c13-9-11-3-1-2-8-14(11)20(18,19)12-6-4-10(5-7-12)15(16)17/h4-7,11H,1-3,8-9H2. The Morgan fingerprint density at radius 2 is 1.95 bits per heavy atom. The lowest BCUT2D eigenvalue weighted by atomic mass is 10.1. The van der Waals surface area contributed by atoms with Crippen LogP contribution in [-0.4, -0.2) is 34.7 Å². The molecule has 1 aromatic rings. The van der Waals surface area contributed by atoms with E-state index in [0.29, 0.717) is 6.54 Å². The van der Waals surface area contributed by atoms with E-state index in [1.165, 1.54) is 28.6 Å². The first-order valence-corrected chi connectivity index (χ1v) is 9.25. The Morgan fingerprint density at radius 1 is 1.30 bits per heavy atom. The summed E-state index contributed by atoms with van der Waals surface area (Å²) in [6.07, 6.45) is 2.77. The fourth-order valence-corrected chi connectivity index (χ4v) is 5.20. The normalized spacial score (nSPS) is 20.8. The first-order chi connectivity index (χ1) is 9.46. The van der Waals surface area contributed by atoms with Crippen LogP contribution in [0.15, 0.2) is 29.2 Å². The number of benzene rings is 1. The van der Waals surface area contributed by atoms with E-state index in [4.69, 9.17) is 0 Å². The number of hydrogen-bond donors (Lipinski definition) is 0. The molecule has 0 aliphatic carbocycles. The van der Waals surface area contributed by atoms with Crippen LogP contribution in [0.1, 0.15) is 19.3 Å². The Kier molecular flexibility index (Phi) is 4.97. The molecule has 0 N–H and O–H groups in total. The number of sulfonamides is 1. The van der Waals surface area contributed by atoms with Gasteiger partial charge in [-0.2, -0.15) is 4.31 Å². The topological polar surface area (TPSA) is 80.5 Å². The van der Waals surface area contributed by atoms with Gasteiger partial charge in [-0.25, -0.2) is 8.42 Å². The third kappa shape index (κ3) is 3.12. The SMILES string of the molecule is O=[N+]([O-])c1ccc(S(=O)(=O)N2CCCCC2CI)cc1. The van der Waals surface area contributed by atoms with Gasteiger partial charge >= 0.3 is 0 Å². The summed E-state index contributed by atoms with van der Waals surface area (Å²) in [5.74, 6) is 0. The van der Waals surface area contributed by atoms with Crippen molar-refractivity contribution in [1.82, 2.24) is 4.31 Å². The highest BCUT2D eigenvalue weighted by Gasteiger charge is 2.32. The zero-order chi connectivity index (χ0) is 14.8. The summed E-state index contributed by atoms with van der Waals surface area (Å²) in [5.41, 5.74) is -0.104. The summed E-state index contributed by atoms with van der Waals surface area (Å²) >= 11 is 2.20. The summed E-state index contributed by atoms with van der Waals surface area (Å²) < 4.78 is 27.5. The number of rotatable bonds is 4. The number of piperidine rings is 1. The molecule has 6 nitrogen and oxygen atoms in total. The molecule has 20 heavy (non-hydrogen) atoms. The number of halogens is 1. The van der Waals surface area contributed by atoms with Crippen molar-refractivity contribution in [3.05, 3.63) is 34.4 Å². The predicted molar refractivity (Wildman–Crippen MR) is 83.5 cm³/mol. The summed E-state index contributed by atoms with van der Waals surface area (Å²) in [6.45, 7) is 0.521. The Labute approximate surface area is 131 Å². The molecule has 1 unspecified atom stereocenters. The highest BCUT2D eigenvalue weighted by Crippen LogP contribution is 2.27. The van der Waals surface area contributed by atoms with Gasteiger partial charge in [-0.3, -0.25) is 10.1 Å². The smallest absolute Gasteiger partial charge is 0.258 e. The minimum atomic E-state index is -3.56. The Morgan fingerprint density at radius 3 is 2.50 bits per heavy atom. The van der Waals surface area contributed by atoms with E-state index in [2.05, 4.69) is 22.6 Å². The van der Waals surface area contributed by atoms with Crippen molar-refractivity contribution in [1.29, 1.82) is 0 Å². The zero-order valence-corrected chi connectivity index (χ0v) is 13.7. The second kappa shape index (κ2) is 6.35. The molecule has 1 aromatic carbocycles. The van der Waals surface area contributed by atoms with Crippen LogP contribution in [0.5, 0.6) is 0 Å². The maximum atomic E-state index is 12.6. The highest BCUT2D eigenvalue weighted by atomic mass is 127. The molecular weight excluding hydrogens is 395 g/mol. The number of nitro groups is 1. The number of hydrogen-bond acceptors (Lipinski definition) is 4. The third-order valence-corrected chi connectivity index (χ3v) is 6.39. The van der Waals surface area contributed by atoms with Gasteiger partial charge in [-0.15, -0.1) is 0 Å². The van der Waals surface area contributed by atoms with Crippen LogP contribution >= 0.6 is 22.6 Å². The maximum absolute atomic E-state index is 12.6. The number of alkyl halides is 1. The lowest BCUT2D eigenvalue weighted by Crippen LogP contribution is -2.44. The average molecular weight is 410 g/mol. The van der Waals surface area contributed by atoms with E-state index in [1.807, 2.05) is 0 Å². The summed E-state index contributed by atoms with van der Waals surface area (Å²) in [4.78, 5) is 10.2. The molecule has 1 saturated heterocycles. The fraction of sp³-hybridized carbons (Fsp3) is 0.500. The minimum absolute atomic E-state index is 0.0181. The van der Waals surface area contributed by atoms with Crippen molar-refractivity contribution in [3.63, 3.8) is 0 Å². The summed E-state index contributed by atoms with van der Waals surface area (Å²) in [5, 5.41) is 10.6. The lowest BCUT2D eigenvalue weighted by molar-refractivity contribution is -0.384. The van der Waals surface area contributed by atoms with Gasteiger partial charge in [-0.1, -0.05) is 29.0 Å². The molecule has 0 bridgehead atoms. The number of nitro benzene ring substituents is 1. The van der Waals surface area contributed by atoms with E-state index >= 15 is 0 Å². The Hall–Kier alpha value is -0.740. The van der Waals surface area contributed by atoms with Crippen molar-refractivity contribution >= 4 is 38.3 Å². The quantitative estimate of drug-likeness (QED) is 0.331. The lowest BCUT2D eigenvalue weighted by Gasteiger charge is -2.33. The van der Waals surface area contributed by atoms with Crippen molar-refractivity contribution in [2.24, 2.45) is 0 Å². The molecule has 1 aliphatic rings. The first kappa shape index (κ1) is 15.6. The van der Waals surface area contributed by atoms with Crippen molar-refractivity contribution < 1.29 is 13.3 Å².